The topological polar surface area (TPSA) is 90.5 Å². The average Bonchev–Trinajstić information content (AvgIpc) is 2.73. The molecule has 1 fully saturated rings. The largest absolute Gasteiger partial charge is 0.353 e. The van der Waals surface area contributed by atoms with Gasteiger partial charge >= 0.3 is 0 Å². The molecule has 1 aromatic carbocycles. The number of rotatable bonds is 8. The lowest BCUT2D eigenvalue weighted by molar-refractivity contribution is -0.125. The van der Waals surface area contributed by atoms with E-state index in [9.17, 15) is 14.0 Å². The molecule has 9 heteroatoms. The van der Waals surface area contributed by atoms with E-state index in [1.165, 1.54) is 12.1 Å². The van der Waals surface area contributed by atoms with Crippen LogP contribution in [0.15, 0.2) is 42.7 Å². The summed E-state index contributed by atoms with van der Waals surface area (Å²) in [6, 6.07) is 7.66. The van der Waals surface area contributed by atoms with Crippen LogP contribution in [0, 0.1) is 5.82 Å². The number of aromatic nitrogens is 2. The van der Waals surface area contributed by atoms with Gasteiger partial charge in [0.2, 0.25) is 17.8 Å². The number of hydrogen-bond acceptors (Lipinski definition) is 6. The summed E-state index contributed by atoms with van der Waals surface area (Å²) in [4.78, 5) is 36.7. The van der Waals surface area contributed by atoms with Gasteiger partial charge in [-0.15, -0.1) is 0 Å². The highest BCUT2D eigenvalue weighted by atomic mass is 19.1. The van der Waals surface area contributed by atoms with Crippen LogP contribution in [0.25, 0.3) is 0 Å². The van der Waals surface area contributed by atoms with Gasteiger partial charge in [-0.05, 0) is 23.8 Å². The molecule has 2 N–H and O–H groups in total. The summed E-state index contributed by atoms with van der Waals surface area (Å²) in [5.41, 5.74) is 0.572. The van der Waals surface area contributed by atoms with Crippen LogP contribution in [0.1, 0.15) is 5.56 Å². The molecule has 1 saturated heterocycles. The maximum atomic E-state index is 13.1. The minimum absolute atomic E-state index is 0.0421. The molecule has 1 aliphatic rings. The first-order valence-corrected chi connectivity index (χ1v) is 9.62. The van der Waals surface area contributed by atoms with E-state index >= 15 is 0 Å². The number of nitrogens with zero attached hydrogens (tertiary/aromatic N) is 4. The van der Waals surface area contributed by atoms with Gasteiger partial charge in [0.1, 0.15) is 5.82 Å². The van der Waals surface area contributed by atoms with Crippen molar-refractivity contribution in [1.82, 2.24) is 25.5 Å². The summed E-state index contributed by atoms with van der Waals surface area (Å²) < 4.78 is 13.1. The first-order valence-electron chi connectivity index (χ1n) is 9.62. The molecule has 8 nitrogen and oxygen atoms in total. The molecule has 154 valence electrons. The fourth-order valence-electron chi connectivity index (χ4n) is 3.12. The summed E-state index contributed by atoms with van der Waals surface area (Å²) in [5.74, 6) is -0.196. The Bertz CT molecular complexity index is 812. The minimum atomic E-state index is -0.384. The van der Waals surface area contributed by atoms with E-state index in [2.05, 4.69) is 30.4 Å². The fourth-order valence-corrected chi connectivity index (χ4v) is 3.12. The smallest absolute Gasteiger partial charge is 0.239 e. The van der Waals surface area contributed by atoms with E-state index in [1.807, 2.05) is 0 Å². The summed E-state index contributed by atoms with van der Waals surface area (Å²) in [6.45, 7) is 4.60. The van der Waals surface area contributed by atoms with Gasteiger partial charge in [0.25, 0.3) is 0 Å². The predicted molar refractivity (Wildman–Crippen MR) is 107 cm³/mol. The number of benzene rings is 1. The molecule has 0 atom stereocenters. The quantitative estimate of drug-likeness (QED) is 0.659. The van der Waals surface area contributed by atoms with Crippen molar-refractivity contribution in [3.8, 4) is 0 Å². The van der Waals surface area contributed by atoms with E-state index in [4.69, 9.17) is 0 Å². The van der Waals surface area contributed by atoms with Crippen molar-refractivity contribution in [3.05, 3.63) is 54.1 Å². The molecule has 29 heavy (non-hydrogen) atoms. The van der Waals surface area contributed by atoms with Crippen LogP contribution in [0.4, 0.5) is 10.3 Å². The van der Waals surface area contributed by atoms with E-state index < -0.39 is 0 Å². The number of carbonyl (C=O) groups excluding carboxylic acids is 2. The van der Waals surface area contributed by atoms with Crippen molar-refractivity contribution in [2.75, 3.05) is 50.7 Å². The zero-order valence-electron chi connectivity index (χ0n) is 16.2. The SMILES string of the molecule is O=C(CNC(=O)Cc1cccc(F)c1)NCCN1CCN(c2ncccn2)CC1. The molecule has 0 spiro atoms. The van der Waals surface area contributed by atoms with Crippen LogP contribution in [-0.4, -0.2) is 72.5 Å². The molecule has 0 aliphatic carbocycles. The third-order valence-electron chi connectivity index (χ3n) is 4.66. The first kappa shape index (κ1) is 20.7. The highest BCUT2D eigenvalue weighted by Gasteiger charge is 2.18. The zero-order chi connectivity index (χ0) is 20.5. The van der Waals surface area contributed by atoms with Crippen molar-refractivity contribution in [3.63, 3.8) is 0 Å². The summed E-state index contributed by atoms with van der Waals surface area (Å²) >= 11 is 0. The van der Waals surface area contributed by atoms with E-state index in [-0.39, 0.29) is 30.6 Å². The first-order chi connectivity index (χ1) is 14.1. The standard InChI is InChI=1S/C20H25FN6O2/c21-17-4-1-3-16(13-17)14-18(28)25-15-19(29)22-7-8-26-9-11-27(12-10-26)20-23-5-2-6-24-20/h1-6,13H,7-12,14-15H2,(H,22,29)(H,25,28). The third kappa shape index (κ3) is 6.79. The second-order valence-corrected chi connectivity index (χ2v) is 6.81. The Morgan fingerprint density at radius 3 is 2.48 bits per heavy atom. The van der Waals surface area contributed by atoms with Gasteiger partial charge in [-0.1, -0.05) is 12.1 Å². The van der Waals surface area contributed by atoms with Crippen LogP contribution >= 0.6 is 0 Å². The monoisotopic (exact) mass is 400 g/mol. The Morgan fingerprint density at radius 1 is 1.00 bits per heavy atom. The van der Waals surface area contributed by atoms with Gasteiger partial charge in [-0.25, -0.2) is 14.4 Å². The van der Waals surface area contributed by atoms with Crippen molar-refractivity contribution < 1.29 is 14.0 Å². The van der Waals surface area contributed by atoms with Crippen LogP contribution in [0.3, 0.4) is 0 Å². The number of halogens is 1. The number of anilines is 1. The third-order valence-corrected chi connectivity index (χ3v) is 4.66. The van der Waals surface area contributed by atoms with Crippen molar-refractivity contribution >= 4 is 17.8 Å². The molecule has 2 aromatic rings. The number of nitrogens with one attached hydrogen (secondary N) is 2. The van der Waals surface area contributed by atoms with E-state index in [0.717, 1.165) is 38.7 Å². The Morgan fingerprint density at radius 2 is 1.76 bits per heavy atom. The highest BCUT2D eigenvalue weighted by Crippen LogP contribution is 2.09. The van der Waals surface area contributed by atoms with E-state index in [1.54, 1.807) is 30.6 Å². The minimum Gasteiger partial charge on any atom is -0.353 e. The average molecular weight is 400 g/mol. The molecule has 1 aliphatic heterocycles. The molecule has 1 aromatic heterocycles. The Balaban J connectivity index is 1.28. The van der Waals surface area contributed by atoms with Gasteiger partial charge in [0.05, 0.1) is 13.0 Å². The normalized spacial score (nSPS) is 14.4. The molecule has 3 rings (SSSR count). The molecule has 2 amide bonds. The van der Waals surface area contributed by atoms with Crippen molar-refractivity contribution in [1.29, 1.82) is 0 Å². The second-order valence-electron chi connectivity index (χ2n) is 6.81. The molecule has 0 saturated carbocycles. The summed E-state index contributed by atoms with van der Waals surface area (Å²) in [5, 5.41) is 5.36. The number of amides is 2. The van der Waals surface area contributed by atoms with Crippen molar-refractivity contribution in [2.45, 2.75) is 6.42 Å². The number of hydrogen-bond donors (Lipinski definition) is 2. The van der Waals surface area contributed by atoms with Crippen molar-refractivity contribution in [2.24, 2.45) is 0 Å². The summed E-state index contributed by atoms with van der Waals surface area (Å²) in [6.07, 6.45) is 3.52. The lowest BCUT2D eigenvalue weighted by Gasteiger charge is -2.34. The lowest BCUT2D eigenvalue weighted by atomic mass is 10.1. The highest BCUT2D eigenvalue weighted by molar-refractivity contribution is 5.85. The van der Waals surface area contributed by atoms with Crippen LogP contribution in [-0.2, 0) is 16.0 Å². The zero-order valence-corrected chi connectivity index (χ0v) is 16.2. The van der Waals surface area contributed by atoms with Gasteiger partial charge < -0.3 is 15.5 Å². The Hall–Kier alpha value is -3.07. The van der Waals surface area contributed by atoms with Gasteiger partial charge in [-0.2, -0.15) is 0 Å². The molecule has 0 unspecified atom stereocenters. The molecular weight excluding hydrogens is 375 g/mol. The second kappa shape index (κ2) is 10.5. The maximum Gasteiger partial charge on any atom is 0.239 e. The van der Waals surface area contributed by atoms with Crippen LogP contribution < -0.4 is 15.5 Å². The predicted octanol–water partition coefficient (Wildman–Crippen LogP) is 0.213. The van der Waals surface area contributed by atoms with Crippen LogP contribution in [0.5, 0.6) is 0 Å². The summed E-state index contributed by atoms with van der Waals surface area (Å²) in [7, 11) is 0. The molecular formula is C20H25FN6O2. The lowest BCUT2D eigenvalue weighted by Crippen LogP contribution is -2.49. The Labute approximate surface area is 169 Å². The van der Waals surface area contributed by atoms with Gasteiger partial charge in [0.15, 0.2) is 0 Å². The maximum absolute atomic E-state index is 13.1. The fraction of sp³-hybridized carbons (Fsp3) is 0.400. The van der Waals surface area contributed by atoms with Gasteiger partial charge in [-0.3, -0.25) is 14.5 Å². The number of carbonyl (C=O) groups is 2. The van der Waals surface area contributed by atoms with E-state index in [0.29, 0.717) is 12.1 Å². The van der Waals surface area contributed by atoms with Crippen LogP contribution in [0.2, 0.25) is 0 Å². The number of piperazine rings is 1. The van der Waals surface area contributed by atoms with Gasteiger partial charge in [0, 0.05) is 51.7 Å². The Kier molecular flexibility index (Phi) is 7.46. The molecule has 0 bridgehead atoms. The molecule has 0 radical (unpaired) electrons. The molecule has 2 heterocycles.